The zero-order valence-corrected chi connectivity index (χ0v) is 28.9. The van der Waals surface area contributed by atoms with E-state index in [-0.39, 0.29) is 29.7 Å². The summed E-state index contributed by atoms with van der Waals surface area (Å²) < 4.78 is 29.1. The molecule has 1 aliphatic heterocycles. The molecule has 4 aromatic rings. The molecule has 1 aromatic heterocycles. The van der Waals surface area contributed by atoms with Gasteiger partial charge in [-0.15, -0.1) is 0 Å². The van der Waals surface area contributed by atoms with E-state index in [4.69, 9.17) is 23.4 Å². The number of rotatable bonds is 11. The van der Waals surface area contributed by atoms with Crippen molar-refractivity contribution in [3.8, 4) is 45.4 Å². The summed E-state index contributed by atoms with van der Waals surface area (Å²) in [5, 5.41) is 6.41. The smallest absolute Gasteiger partial charge is 0.224 e. The van der Waals surface area contributed by atoms with Crippen molar-refractivity contribution in [1.29, 1.82) is 0 Å². The number of amides is 3. The molecule has 3 amide bonds. The zero-order chi connectivity index (χ0) is 35.5. The molecule has 0 radical (unpaired) electrons. The second kappa shape index (κ2) is 14.5. The standard InChI is InChI=1S/C38H41N3O9/c1-21(42)40-29-13-10-23-17-31(47-3)37(48-4)38(49-5)34(23)26-18-27-28(20-32(44)39-14-16-41-15-6-7-33(41)45)35(22-8-11-24(46-2)12-9-22)50-36(27)30(43)19-25(26)29/h8-9,11-12,17-19,29H,6-7,10,13-16,20H2,1-5H3,(H,39,44)(H,40,42)/t29-/m0/s1. The summed E-state index contributed by atoms with van der Waals surface area (Å²) in [6.45, 7) is 2.83. The number of likely N-dealkylation sites (tertiary alicyclic amines) is 1. The first kappa shape index (κ1) is 34.3. The van der Waals surface area contributed by atoms with Crippen LogP contribution in [0.3, 0.4) is 0 Å². The van der Waals surface area contributed by atoms with Crippen LogP contribution in [-0.4, -0.2) is 70.7 Å². The van der Waals surface area contributed by atoms with Crippen molar-refractivity contribution >= 4 is 28.7 Å². The summed E-state index contributed by atoms with van der Waals surface area (Å²) in [6, 6.07) is 11.9. The average Bonchev–Trinajstić information content (AvgIpc) is 3.60. The summed E-state index contributed by atoms with van der Waals surface area (Å²) in [5.74, 6) is 1.83. The lowest BCUT2D eigenvalue weighted by atomic mass is 9.94. The molecule has 50 heavy (non-hydrogen) atoms. The van der Waals surface area contributed by atoms with E-state index in [0.29, 0.717) is 101 Å². The SMILES string of the molecule is COc1ccc(-c2oc3c(=O)cc4c(cc3c2CC(=O)NCCN2CCCC2=O)-c2c(cc(OC)c(OC)c2OC)CC[C@@H]4NC(C)=O)cc1. The van der Waals surface area contributed by atoms with Crippen molar-refractivity contribution in [3.05, 3.63) is 69.4 Å². The van der Waals surface area contributed by atoms with Gasteiger partial charge in [-0.25, -0.2) is 0 Å². The van der Waals surface area contributed by atoms with Gasteiger partial charge in [0.25, 0.3) is 0 Å². The molecule has 12 heteroatoms. The molecule has 12 nitrogen and oxygen atoms in total. The number of methoxy groups -OCH3 is 4. The van der Waals surface area contributed by atoms with E-state index in [9.17, 15) is 19.2 Å². The lowest BCUT2D eigenvalue weighted by Crippen LogP contribution is -2.36. The van der Waals surface area contributed by atoms with Crippen molar-refractivity contribution in [3.63, 3.8) is 0 Å². The first-order chi connectivity index (χ1) is 24.2. The van der Waals surface area contributed by atoms with Gasteiger partial charge in [-0.3, -0.25) is 19.2 Å². The highest BCUT2D eigenvalue weighted by Gasteiger charge is 2.31. The van der Waals surface area contributed by atoms with E-state index in [1.165, 1.54) is 27.2 Å². The van der Waals surface area contributed by atoms with Crippen LogP contribution in [0.4, 0.5) is 0 Å². The average molecular weight is 684 g/mol. The molecule has 0 saturated carbocycles. The van der Waals surface area contributed by atoms with Crippen LogP contribution in [0.5, 0.6) is 23.0 Å². The predicted octanol–water partition coefficient (Wildman–Crippen LogP) is 4.57. The molecular formula is C38H41N3O9. The van der Waals surface area contributed by atoms with Crippen molar-refractivity contribution < 1.29 is 37.7 Å². The summed E-state index contributed by atoms with van der Waals surface area (Å²) in [5.41, 5.74) is 3.58. The van der Waals surface area contributed by atoms with E-state index >= 15 is 0 Å². The Morgan fingerprint density at radius 1 is 0.940 bits per heavy atom. The third-order valence-corrected chi connectivity index (χ3v) is 9.36. The molecular weight excluding hydrogens is 642 g/mol. The molecule has 262 valence electrons. The fraction of sp³-hybridized carbons (Fsp3) is 0.368. The predicted molar refractivity (Wildman–Crippen MR) is 187 cm³/mol. The van der Waals surface area contributed by atoms with Crippen molar-refractivity contribution in [2.45, 2.75) is 45.1 Å². The number of hydrogen-bond acceptors (Lipinski definition) is 9. The van der Waals surface area contributed by atoms with E-state index < -0.39 is 11.5 Å². The minimum atomic E-state index is -0.512. The van der Waals surface area contributed by atoms with Crippen molar-refractivity contribution in [1.82, 2.24) is 15.5 Å². The van der Waals surface area contributed by atoms with E-state index in [1.807, 2.05) is 24.3 Å². The first-order valence-electron chi connectivity index (χ1n) is 16.6. The maximum atomic E-state index is 14.2. The number of nitrogens with zero attached hydrogens (tertiary/aromatic N) is 1. The second-order valence-corrected chi connectivity index (χ2v) is 12.4. The molecule has 1 saturated heterocycles. The molecule has 1 atom stereocenters. The highest BCUT2D eigenvalue weighted by molar-refractivity contribution is 5.96. The van der Waals surface area contributed by atoms with E-state index in [1.54, 1.807) is 31.3 Å². The lowest BCUT2D eigenvalue weighted by Gasteiger charge is -2.20. The van der Waals surface area contributed by atoms with Gasteiger partial charge in [-0.1, -0.05) is 0 Å². The van der Waals surface area contributed by atoms with Gasteiger partial charge >= 0.3 is 0 Å². The summed E-state index contributed by atoms with van der Waals surface area (Å²) in [7, 11) is 6.18. The Kier molecular flexibility index (Phi) is 9.98. The third-order valence-electron chi connectivity index (χ3n) is 9.36. The topological polar surface area (TPSA) is 146 Å². The monoisotopic (exact) mass is 683 g/mol. The quantitative estimate of drug-likeness (QED) is 0.232. The van der Waals surface area contributed by atoms with Crippen LogP contribution >= 0.6 is 0 Å². The Labute approximate surface area is 289 Å². The number of ether oxygens (including phenoxy) is 4. The van der Waals surface area contributed by atoms with Crippen LogP contribution in [-0.2, 0) is 27.2 Å². The number of carbonyl (C=O) groups excluding carboxylic acids is 3. The number of benzene rings is 2. The van der Waals surface area contributed by atoms with Crippen molar-refractivity contribution in [2.24, 2.45) is 0 Å². The Bertz CT molecular complexity index is 2020. The third kappa shape index (κ3) is 6.57. The minimum absolute atomic E-state index is 0.0666. The fourth-order valence-corrected chi connectivity index (χ4v) is 7.03. The Morgan fingerprint density at radius 3 is 2.34 bits per heavy atom. The van der Waals surface area contributed by atoms with Crippen LogP contribution < -0.4 is 35.0 Å². The number of carbonyl (C=O) groups is 3. The summed E-state index contributed by atoms with van der Waals surface area (Å²) in [4.78, 5) is 54.0. The van der Waals surface area contributed by atoms with Crippen LogP contribution in [0.2, 0.25) is 0 Å². The summed E-state index contributed by atoms with van der Waals surface area (Å²) in [6.07, 6.45) is 2.26. The normalized spacial score (nSPS) is 15.2. The Balaban J connectivity index is 1.57. The second-order valence-electron chi connectivity index (χ2n) is 12.4. The van der Waals surface area contributed by atoms with Gasteiger partial charge in [0.1, 0.15) is 11.5 Å². The molecule has 1 fully saturated rings. The maximum absolute atomic E-state index is 14.2. The van der Waals surface area contributed by atoms with E-state index in [0.717, 1.165) is 12.0 Å². The maximum Gasteiger partial charge on any atom is 0.224 e. The molecule has 0 spiro atoms. The molecule has 2 N–H and O–H groups in total. The highest BCUT2D eigenvalue weighted by Crippen LogP contribution is 2.51. The van der Waals surface area contributed by atoms with Crippen LogP contribution in [0.25, 0.3) is 33.4 Å². The van der Waals surface area contributed by atoms with Crippen LogP contribution in [0.1, 0.15) is 48.9 Å². The molecule has 1 aliphatic carbocycles. The first-order valence-corrected chi connectivity index (χ1v) is 16.6. The van der Waals surface area contributed by atoms with Gasteiger partial charge < -0.3 is 38.9 Å². The van der Waals surface area contributed by atoms with Crippen LogP contribution in [0.15, 0.2) is 51.7 Å². The number of aryl methyl sites for hydroxylation is 1. The van der Waals surface area contributed by atoms with Gasteiger partial charge in [0.15, 0.2) is 17.1 Å². The molecule has 6 rings (SSSR count). The minimum Gasteiger partial charge on any atom is -0.497 e. The zero-order valence-electron chi connectivity index (χ0n) is 28.9. The Hall–Kier alpha value is -5.52. The molecule has 0 unspecified atom stereocenters. The van der Waals surface area contributed by atoms with Gasteiger partial charge in [0.05, 0.1) is 40.9 Å². The van der Waals surface area contributed by atoms with Gasteiger partial charge in [0, 0.05) is 55.1 Å². The number of furan rings is 1. The van der Waals surface area contributed by atoms with Crippen LogP contribution in [0, 0.1) is 0 Å². The van der Waals surface area contributed by atoms with Crippen molar-refractivity contribution in [2.75, 3.05) is 48.1 Å². The summed E-state index contributed by atoms with van der Waals surface area (Å²) >= 11 is 0. The van der Waals surface area contributed by atoms with Gasteiger partial charge in [-0.2, -0.15) is 0 Å². The Morgan fingerprint density at radius 2 is 1.70 bits per heavy atom. The molecule has 0 bridgehead atoms. The number of nitrogens with one attached hydrogen (secondary N) is 2. The fourth-order valence-electron chi connectivity index (χ4n) is 7.03. The number of hydrogen-bond donors (Lipinski definition) is 2. The number of fused-ring (bicyclic) bond motifs is 4. The molecule has 2 heterocycles. The van der Waals surface area contributed by atoms with E-state index in [2.05, 4.69) is 10.6 Å². The largest absolute Gasteiger partial charge is 0.497 e. The molecule has 2 aliphatic rings. The van der Waals surface area contributed by atoms with Gasteiger partial charge in [-0.05, 0) is 78.4 Å². The lowest BCUT2D eigenvalue weighted by molar-refractivity contribution is -0.128. The van der Waals surface area contributed by atoms with Gasteiger partial charge in [0.2, 0.25) is 28.9 Å². The molecule has 3 aromatic carbocycles. The highest BCUT2D eigenvalue weighted by atomic mass is 16.5.